The smallest absolute Gasteiger partial charge is 0.0652 e. The molecule has 1 aromatic heterocycles. The van der Waals surface area contributed by atoms with Crippen LogP contribution in [-0.4, -0.2) is 21.9 Å². The van der Waals surface area contributed by atoms with Gasteiger partial charge < -0.3 is 10.4 Å². The molecule has 4 heteroatoms. The Balaban J connectivity index is 2.09. The first-order valence-corrected chi connectivity index (χ1v) is 5.64. The Bertz CT molecular complexity index is 441. The Morgan fingerprint density at radius 3 is 2.65 bits per heavy atom. The molecular formula is C13H17N3O. The van der Waals surface area contributed by atoms with Gasteiger partial charge in [-0.25, -0.2) is 0 Å². The van der Waals surface area contributed by atoms with Crippen LogP contribution in [0.3, 0.4) is 0 Å². The number of hydrogen-bond donors (Lipinski definition) is 3. The van der Waals surface area contributed by atoms with Crippen molar-refractivity contribution in [3.8, 4) is 0 Å². The average molecular weight is 231 g/mol. The first-order valence-electron chi connectivity index (χ1n) is 5.64. The molecule has 4 nitrogen and oxygen atoms in total. The molecule has 0 aliphatic rings. The number of aliphatic hydroxyl groups is 1. The molecule has 0 saturated heterocycles. The Kier molecular flexibility index (Phi) is 3.56. The number of aromatic nitrogens is 2. The molecular weight excluding hydrogens is 214 g/mol. The lowest BCUT2D eigenvalue weighted by Crippen LogP contribution is -2.42. The van der Waals surface area contributed by atoms with Gasteiger partial charge in [0.15, 0.2) is 0 Å². The van der Waals surface area contributed by atoms with E-state index in [1.54, 1.807) is 6.20 Å². The van der Waals surface area contributed by atoms with E-state index in [2.05, 4.69) is 15.5 Å². The lowest BCUT2D eigenvalue weighted by Gasteiger charge is -2.29. The number of nitrogens with one attached hydrogen (secondary N) is 2. The quantitative estimate of drug-likeness (QED) is 0.729. The molecule has 90 valence electrons. The van der Waals surface area contributed by atoms with Crippen molar-refractivity contribution in [1.82, 2.24) is 15.5 Å². The molecule has 2 aromatic rings. The van der Waals surface area contributed by atoms with Gasteiger partial charge >= 0.3 is 0 Å². The summed E-state index contributed by atoms with van der Waals surface area (Å²) in [6.45, 7) is 2.68. The van der Waals surface area contributed by atoms with Crippen molar-refractivity contribution in [2.75, 3.05) is 6.61 Å². The molecule has 0 bridgehead atoms. The number of hydrogen-bond acceptors (Lipinski definition) is 3. The molecule has 0 radical (unpaired) electrons. The minimum absolute atomic E-state index is 0.0468. The van der Waals surface area contributed by atoms with Gasteiger partial charge in [0, 0.05) is 18.4 Å². The van der Waals surface area contributed by atoms with Crippen LogP contribution >= 0.6 is 0 Å². The zero-order chi connectivity index (χ0) is 12.1. The summed E-state index contributed by atoms with van der Waals surface area (Å²) >= 11 is 0. The van der Waals surface area contributed by atoms with E-state index in [-0.39, 0.29) is 6.61 Å². The molecule has 3 N–H and O–H groups in total. The van der Waals surface area contributed by atoms with E-state index in [0.29, 0.717) is 6.54 Å². The van der Waals surface area contributed by atoms with Gasteiger partial charge in [-0.2, -0.15) is 5.10 Å². The Labute approximate surface area is 101 Å². The Morgan fingerprint density at radius 1 is 1.29 bits per heavy atom. The summed E-state index contributed by atoms with van der Waals surface area (Å²) in [4.78, 5) is 0. The maximum Gasteiger partial charge on any atom is 0.0652 e. The summed E-state index contributed by atoms with van der Waals surface area (Å²) in [5.74, 6) is 0. The van der Waals surface area contributed by atoms with Crippen molar-refractivity contribution in [2.45, 2.75) is 19.0 Å². The fourth-order valence-corrected chi connectivity index (χ4v) is 1.73. The SMILES string of the molecule is CC(CO)(NCc1ccn[nH]1)c1ccccc1. The number of aromatic amines is 1. The van der Waals surface area contributed by atoms with Crippen molar-refractivity contribution in [1.29, 1.82) is 0 Å². The summed E-state index contributed by atoms with van der Waals surface area (Å²) < 4.78 is 0. The van der Waals surface area contributed by atoms with Gasteiger partial charge in [-0.3, -0.25) is 5.10 Å². The predicted octanol–water partition coefficient (Wildman–Crippen LogP) is 1.41. The van der Waals surface area contributed by atoms with Gasteiger partial charge in [-0.05, 0) is 18.6 Å². The molecule has 1 heterocycles. The van der Waals surface area contributed by atoms with Crippen molar-refractivity contribution in [3.63, 3.8) is 0 Å². The molecule has 0 fully saturated rings. The second-order valence-electron chi connectivity index (χ2n) is 4.29. The summed E-state index contributed by atoms with van der Waals surface area (Å²) in [6.07, 6.45) is 1.72. The highest BCUT2D eigenvalue weighted by molar-refractivity contribution is 5.23. The highest BCUT2D eigenvalue weighted by Gasteiger charge is 2.24. The fraction of sp³-hybridized carbons (Fsp3) is 0.308. The maximum atomic E-state index is 9.58. The fourth-order valence-electron chi connectivity index (χ4n) is 1.73. The van der Waals surface area contributed by atoms with E-state index >= 15 is 0 Å². The van der Waals surface area contributed by atoms with E-state index in [4.69, 9.17) is 0 Å². The van der Waals surface area contributed by atoms with Gasteiger partial charge in [0.05, 0.1) is 12.1 Å². The number of aliphatic hydroxyl groups excluding tert-OH is 1. The zero-order valence-electron chi connectivity index (χ0n) is 9.85. The van der Waals surface area contributed by atoms with Crippen molar-refractivity contribution >= 4 is 0 Å². The molecule has 0 spiro atoms. The third-order valence-electron chi connectivity index (χ3n) is 2.95. The molecule has 0 aliphatic carbocycles. The number of nitrogens with zero attached hydrogens (tertiary/aromatic N) is 1. The number of rotatable bonds is 5. The van der Waals surface area contributed by atoms with E-state index in [9.17, 15) is 5.11 Å². The average Bonchev–Trinajstić information content (AvgIpc) is 2.90. The maximum absolute atomic E-state index is 9.58. The Morgan fingerprint density at radius 2 is 2.06 bits per heavy atom. The van der Waals surface area contributed by atoms with Gasteiger partial charge in [0.2, 0.25) is 0 Å². The molecule has 1 atom stereocenters. The standard InChI is InChI=1S/C13H17N3O/c1-13(10-17,11-5-3-2-4-6-11)14-9-12-7-8-15-16-12/h2-8,14,17H,9-10H2,1H3,(H,15,16). The topological polar surface area (TPSA) is 60.9 Å². The highest BCUT2D eigenvalue weighted by Crippen LogP contribution is 2.20. The van der Waals surface area contributed by atoms with E-state index in [1.807, 2.05) is 43.3 Å². The van der Waals surface area contributed by atoms with Crippen LogP contribution in [0, 0.1) is 0 Å². The van der Waals surface area contributed by atoms with Crippen LogP contribution in [0.5, 0.6) is 0 Å². The van der Waals surface area contributed by atoms with Crippen LogP contribution in [0.2, 0.25) is 0 Å². The second kappa shape index (κ2) is 5.12. The normalized spacial score (nSPS) is 14.5. The van der Waals surface area contributed by atoms with E-state index in [1.165, 1.54) is 0 Å². The van der Waals surface area contributed by atoms with Crippen molar-refractivity contribution < 1.29 is 5.11 Å². The largest absolute Gasteiger partial charge is 0.394 e. The van der Waals surface area contributed by atoms with Crippen molar-refractivity contribution in [3.05, 3.63) is 53.9 Å². The van der Waals surface area contributed by atoms with Gasteiger partial charge in [-0.1, -0.05) is 30.3 Å². The molecule has 2 rings (SSSR count). The molecule has 1 aromatic carbocycles. The third kappa shape index (κ3) is 2.72. The lowest BCUT2D eigenvalue weighted by molar-refractivity contribution is 0.173. The summed E-state index contributed by atoms with van der Waals surface area (Å²) in [6, 6.07) is 11.8. The number of H-pyrrole nitrogens is 1. The van der Waals surface area contributed by atoms with Crippen LogP contribution < -0.4 is 5.32 Å². The first kappa shape index (κ1) is 11.8. The highest BCUT2D eigenvalue weighted by atomic mass is 16.3. The molecule has 0 saturated carbocycles. The van der Waals surface area contributed by atoms with E-state index in [0.717, 1.165) is 11.3 Å². The van der Waals surface area contributed by atoms with Gasteiger partial charge in [0.25, 0.3) is 0 Å². The zero-order valence-corrected chi connectivity index (χ0v) is 9.85. The molecule has 0 amide bonds. The van der Waals surface area contributed by atoms with Crippen LogP contribution in [0.15, 0.2) is 42.6 Å². The molecule has 1 unspecified atom stereocenters. The summed E-state index contributed by atoms with van der Waals surface area (Å²) in [5, 5.41) is 19.7. The van der Waals surface area contributed by atoms with Crippen LogP contribution in [0.25, 0.3) is 0 Å². The molecule has 17 heavy (non-hydrogen) atoms. The van der Waals surface area contributed by atoms with Crippen molar-refractivity contribution in [2.24, 2.45) is 0 Å². The Hall–Kier alpha value is -1.65. The van der Waals surface area contributed by atoms with Gasteiger partial charge in [0.1, 0.15) is 0 Å². The third-order valence-corrected chi connectivity index (χ3v) is 2.95. The van der Waals surface area contributed by atoms with Crippen LogP contribution in [0.1, 0.15) is 18.2 Å². The second-order valence-corrected chi connectivity index (χ2v) is 4.29. The molecule has 0 aliphatic heterocycles. The number of benzene rings is 1. The van der Waals surface area contributed by atoms with Gasteiger partial charge in [-0.15, -0.1) is 0 Å². The lowest BCUT2D eigenvalue weighted by atomic mass is 9.93. The minimum Gasteiger partial charge on any atom is -0.394 e. The van der Waals surface area contributed by atoms with E-state index < -0.39 is 5.54 Å². The summed E-state index contributed by atoms with van der Waals surface area (Å²) in [5.41, 5.74) is 1.63. The van der Waals surface area contributed by atoms with Crippen LogP contribution in [-0.2, 0) is 12.1 Å². The minimum atomic E-state index is -0.438. The monoisotopic (exact) mass is 231 g/mol. The van der Waals surface area contributed by atoms with Crippen LogP contribution in [0.4, 0.5) is 0 Å². The predicted molar refractivity (Wildman–Crippen MR) is 66.3 cm³/mol. The summed E-state index contributed by atoms with van der Waals surface area (Å²) in [7, 11) is 0. The first-order chi connectivity index (χ1) is 8.24.